The van der Waals surface area contributed by atoms with Crippen LogP contribution in [0.4, 0.5) is 4.39 Å². The molecule has 0 saturated carbocycles. The normalized spacial score (nSPS) is 10.1. The standard InChI is InChI=1S/C19H21FN2O5/c1-25-15-10-13(11-16(26-2)17(15)27-3)19(24)22-9-8-21-18(23)12-4-6-14(20)7-5-12/h4-7,10-11H,8-9H2,1-3H3,(H,21,23)(H,22,24). The van der Waals surface area contributed by atoms with Crippen molar-refractivity contribution in [2.24, 2.45) is 0 Å². The molecule has 0 saturated heterocycles. The van der Waals surface area contributed by atoms with E-state index in [1.54, 1.807) is 0 Å². The molecular weight excluding hydrogens is 355 g/mol. The highest BCUT2D eigenvalue weighted by Crippen LogP contribution is 2.38. The minimum atomic E-state index is -0.413. The fraction of sp³-hybridized carbons (Fsp3) is 0.263. The Hall–Kier alpha value is -3.29. The van der Waals surface area contributed by atoms with Crippen LogP contribution in [-0.2, 0) is 0 Å². The van der Waals surface area contributed by atoms with Gasteiger partial charge in [-0.2, -0.15) is 0 Å². The molecule has 0 aliphatic rings. The van der Waals surface area contributed by atoms with Crippen molar-refractivity contribution in [1.29, 1.82) is 0 Å². The van der Waals surface area contributed by atoms with Gasteiger partial charge in [-0.1, -0.05) is 0 Å². The number of benzene rings is 2. The van der Waals surface area contributed by atoms with Gasteiger partial charge in [-0.3, -0.25) is 9.59 Å². The first kappa shape index (κ1) is 20.0. The van der Waals surface area contributed by atoms with Crippen molar-refractivity contribution in [3.8, 4) is 17.2 Å². The van der Waals surface area contributed by atoms with E-state index in [2.05, 4.69) is 10.6 Å². The van der Waals surface area contributed by atoms with Crippen molar-refractivity contribution in [2.75, 3.05) is 34.4 Å². The molecular formula is C19H21FN2O5. The van der Waals surface area contributed by atoms with Crippen LogP contribution in [0.15, 0.2) is 36.4 Å². The molecule has 0 aromatic heterocycles. The smallest absolute Gasteiger partial charge is 0.251 e. The highest BCUT2D eigenvalue weighted by molar-refractivity contribution is 5.96. The third-order valence-electron chi connectivity index (χ3n) is 3.73. The van der Waals surface area contributed by atoms with Crippen LogP contribution in [0.5, 0.6) is 17.2 Å². The average molecular weight is 376 g/mol. The summed E-state index contributed by atoms with van der Waals surface area (Å²) in [5.74, 6) is 0.00724. The van der Waals surface area contributed by atoms with E-state index in [4.69, 9.17) is 14.2 Å². The third-order valence-corrected chi connectivity index (χ3v) is 3.73. The van der Waals surface area contributed by atoms with Gasteiger partial charge in [-0.15, -0.1) is 0 Å². The number of hydrogen-bond donors (Lipinski definition) is 2. The summed E-state index contributed by atoms with van der Waals surface area (Å²) in [4.78, 5) is 24.2. The Kier molecular flexibility index (Phi) is 6.99. The molecule has 2 rings (SSSR count). The molecule has 8 heteroatoms. The molecule has 0 radical (unpaired) electrons. The van der Waals surface area contributed by atoms with Gasteiger partial charge in [0.1, 0.15) is 5.82 Å². The molecule has 144 valence electrons. The van der Waals surface area contributed by atoms with Crippen LogP contribution in [0, 0.1) is 5.82 Å². The summed E-state index contributed by atoms with van der Waals surface area (Å²) >= 11 is 0. The Morgan fingerprint density at radius 2 is 1.30 bits per heavy atom. The lowest BCUT2D eigenvalue weighted by molar-refractivity contribution is 0.0927. The van der Waals surface area contributed by atoms with E-state index in [0.717, 1.165) is 0 Å². The second kappa shape index (κ2) is 9.42. The lowest BCUT2D eigenvalue weighted by Gasteiger charge is -2.14. The van der Waals surface area contributed by atoms with Crippen molar-refractivity contribution in [3.63, 3.8) is 0 Å². The van der Waals surface area contributed by atoms with E-state index in [-0.39, 0.29) is 24.9 Å². The Bertz CT molecular complexity index is 783. The maximum atomic E-state index is 12.9. The Morgan fingerprint density at radius 1 is 0.815 bits per heavy atom. The van der Waals surface area contributed by atoms with Crippen molar-refractivity contribution < 1.29 is 28.2 Å². The SMILES string of the molecule is COc1cc(C(=O)NCCNC(=O)c2ccc(F)cc2)cc(OC)c1OC. The van der Waals surface area contributed by atoms with E-state index in [0.29, 0.717) is 28.4 Å². The van der Waals surface area contributed by atoms with Crippen LogP contribution < -0.4 is 24.8 Å². The minimum absolute atomic E-state index is 0.211. The fourth-order valence-electron chi connectivity index (χ4n) is 2.37. The van der Waals surface area contributed by atoms with Crippen LogP contribution in [0.1, 0.15) is 20.7 Å². The first-order chi connectivity index (χ1) is 13.0. The molecule has 0 aliphatic heterocycles. The number of hydrogen-bond acceptors (Lipinski definition) is 5. The predicted molar refractivity (Wildman–Crippen MR) is 97.2 cm³/mol. The van der Waals surface area contributed by atoms with Crippen LogP contribution in [-0.4, -0.2) is 46.2 Å². The van der Waals surface area contributed by atoms with Crippen molar-refractivity contribution >= 4 is 11.8 Å². The Balaban J connectivity index is 1.92. The van der Waals surface area contributed by atoms with Gasteiger partial charge in [0.2, 0.25) is 5.75 Å². The van der Waals surface area contributed by atoms with E-state index >= 15 is 0 Å². The zero-order chi connectivity index (χ0) is 19.8. The fourth-order valence-corrected chi connectivity index (χ4v) is 2.37. The number of carbonyl (C=O) groups excluding carboxylic acids is 2. The minimum Gasteiger partial charge on any atom is -0.493 e. The number of methoxy groups -OCH3 is 3. The van der Waals surface area contributed by atoms with Gasteiger partial charge in [0.25, 0.3) is 11.8 Å². The molecule has 0 unspecified atom stereocenters. The summed E-state index contributed by atoms with van der Waals surface area (Å²) in [7, 11) is 4.40. The first-order valence-corrected chi connectivity index (χ1v) is 8.12. The van der Waals surface area contributed by atoms with Crippen LogP contribution >= 0.6 is 0 Å². The van der Waals surface area contributed by atoms with Gasteiger partial charge in [-0.05, 0) is 36.4 Å². The number of rotatable bonds is 8. The van der Waals surface area contributed by atoms with Gasteiger partial charge in [0.05, 0.1) is 21.3 Å². The lowest BCUT2D eigenvalue weighted by Crippen LogP contribution is -2.34. The monoisotopic (exact) mass is 376 g/mol. The molecule has 0 atom stereocenters. The van der Waals surface area contributed by atoms with Crippen LogP contribution in [0.2, 0.25) is 0 Å². The van der Waals surface area contributed by atoms with Crippen LogP contribution in [0.25, 0.3) is 0 Å². The van der Waals surface area contributed by atoms with E-state index < -0.39 is 5.82 Å². The second-order valence-corrected chi connectivity index (χ2v) is 5.43. The Morgan fingerprint density at radius 3 is 1.74 bits per heavy atom. The van der Waals surface area contributed by atoms with Gasteiger partial charge >= 0.3 is 0 Å². The van der Waals surface area contributed by atoms with E-state index in [9.17, 15) is 14.0 Å². The quantitative estimate of drug-likeness (QED) is 0.689. The topological polar surface area (TPSA) is 85.9 Å². The Labute approximate surface area is 156 Å². The summed E-state index contributed by atoms with van der Waals surface area (Å²) in [6.45, 7) is 0.425. The van der Waals surface area contributed by atoms with Crippen molar-refractivity contribution in [3.05, 3.63) is 53.3 Å². The molecule has 0 heterocycles. The van der Waals surface area contributed by atoms with Crippen LogP contribution in [0.3, 0.4) is 0 Å². The number of carbonyl (C=O) groups is 2. The molecule has 2 amide bonds. The molecule has 0 aliphatic carbocycles. The zero-order valence-corrected chi connectivity index (χ0v) is 15.3. The van der Waals surface area contributed by atoms with Gasteiger partial charge in [0, 0.05) is 24.2 Å². The van der Waals surface area contributed by atoms with E-state index in [1.807, 2.05) is 0 Å². The maximum Gasteiger partial charge on any atom is 0.251 e. The van der Waals surface area contributed by atoms with E-state index in [1.165, 1.54) is 57.7 Å². The number of ether oxygens (including phenoxy) is 3. The summed E-state index contributed by atoms with van der Waals surface area (Å²) < 4.78 is 28.5. The summed E-state index contributed by atoms with van der Waals surface area (Å²) in [5, 5.41) is 5.33. The molecule has 0 bridgehead atoms. The molecule has 27 heavy (non-hydrogen) atoms. The molecule has 2 N–H and O–H groups in total. The number of nitrogens with one attached hydrogen (secondary N) is 2. The molecule has 0 fully saturated rings. The number of halogens is 1. The average Bonchev–Trinajstić information content (AvgIpc) is 2.70. The summed E-state index contributed by atoms with van der Waals surface area (Å²) in [5.41, 5.74) is 0.668. The van der Waals surface area contributed by atoms with Gasteiger partial charge in [0.15, 0.2) is 11.5 Å². The lowest BCUT2D eigenvalue weighted by atomic mass is 10.1. The van der Waals surface area contributed by atoms with Crippen molar-refractivity contribution in [2.45, 2.75) is 0 Å². The molecule has 7 nitrogen and oxygen atoms in total. The highest BCUT2D eigenvalue weighted by Gasteiger charge is 2.16. The summed E-state index contributed by atoms with van der Waals surface area (Å²) in [6.07, 6.45) is 0. The summed E-state index contributed by atoms with van der Waals surface area (Å²) in [6, 6.07) is 8.27. The highest BCUT2D eigenvalue weighted by atomic mass is 19.1. The second-order valence-electron chi connectivity index (χ2n) is 5.43. The van der Waals surface area contributed by atoms with Crippen molar-refractivity contribution in [1.82, 2.24) is 10.6 Å². The maximum absolute atomic E-state index is 12.9. The number of amides is 2. The molecule has 0 spiro atoms. The van der Waals surface area contributed by atoms with Gasteiger partial charge < -0.3 is 24.8 Å². The zero-order valence-electron chi connectivity index (χ0n) is 15.3. The van der Waals surface area contributed by atoms with Gasteiger partial charge in [-0.25, -0.2) is 4.39 Å². The third kappa shape index (κ3) is 5.10. The first-order valence-electron chi connectivity index (χ1n) is 8.12. The predicted octanol–water partition coefficient (Wildman–Crippen LogP) is 2.01. The molecule has 2 aromatic carbocycles. The molecule has 2 aromatic rings. The largest absolute Gasteiger partial charge is 0.493 e.